The van der Waals surface area contributed by atoms with E-state index in [4.69, 9.17) is 11.6 Å². The number of aromatic nitrogens is 4. The smallest absolute Gasteiger partial charge is 0.289 e. The number of hydrogen-bond donors (Lipinski definition) is 1. The molecule has 1 N–H and O–H groups in total. The van der Waals surface area contributed by atoms with Crippen molar-refractivity contribution in [2.45, 2.75) is 10.3 Å². The highest BCUT2D eigenvalue weighted by atomic mass is 35.5. The van der Waals surface area contributed by atoms with Crippen molar-refractivity contribution in [3.05, 3.63) is 81.8 Å². The third-order valence-electron chi connectivity index (χ3n) is 4.47. The standard InChI is InChI=1S/C20H15ClN6O3S/c1-26-18-14(10-24-26)20(23-11-22-18)31-17(12-5-3-2-4-6-12)19(28)25-13-7-8-15(21)16(9-13)27(29)30/h2-11,17H,1H3,(H,25,28)/t17-/m1/s1. The van der Waals surface area contributed by atoms with Crippen LogP contribution >= 0.6 is 23.4 Å². The first-order valence-corrected chi connectivity index (χ1v) is 10.3. The van der Waals surface area contributed by atoms with Crippen molar-refractivity contribution in [3.63, 3.8) is 0 Å². The number of carbonyl (C=O) groups excluding carboxylic acids is 1. The van der Waals surface area contributed by atoms with E-state index in [1.54, 1.807) is 17.9 Å². The van der Waals surface area contributed by atoms with Gasteiger partial charge in [-0.05, 0) is 17.7 Å². The monoisotopic (exact) mass is 454 g/mol. The molecule has 0 aliphatic heterocycles. The molecule has 0 aliphatic carbocycles. The molecule has 4 aromatic rings. The first kappa shape index (κ1) is 20.8. The molecule has 0 bridgehead atoms. The Labute approximate surface area is 185 Å². The van der Waals surface area contributed by atoms with Gasteiger partial charge in [-0.15, -0.1) is 0 Å². The molecule has 156 valence electrons. The number of fused-ring (bicyclic) bond motifs is 1. The lowest BCUT2D eigenvalue weighted by Gasteiger charge is -2.17. The fraction of sp³-hybridized carbons (Fsp3) is 0.100. The molecule has 0 saturated heterocycles. The van der Waals surface area contributed by atoms with Crippen molar-refractivity contribution in [1.82, 2.24) is 19.7 Å². The maximum absolute atomic E-state index is 13.2. The van der Waals surface area contributed by atoms with Crippen LogP contribution in [-0.2, 0) is 11.8 Å². The Kier molecular flexibility index (Phi) is 5.83. The summed E-state index contributed by atoms with van der Waals surface area (Å²) in [6, 6.07) is 13.3. The Balaban J connectivity index is 1.68. The van der Waals surface area contributed by atoms with E-state index in [-0.39, 0.29) is 22.3 Å². The molecule has 0 saturated carbocycles. The third kappa shape index (κ3) is 4.35. The zero-order valence-corrected chi connectivity index (χ0v) is 17.7. The number of rotatable bonds is 6. The number of nitro groups is 1. The predicted octanol–water partition coefficient (Wildman–Crippen LogP) is 4.40. The van der Waals surface area contributed by atoms with Crippen molar-refractivity contribution in [1.29, 1.82) is 0 Å². The van der Waals surface area contributed by atoms with Crippen molar-refractivity contribution in [2.75, 3.05) is 5.32 Å². The summed E-state index contributed by atoms with van der Waals surface area (Å²) in [6.45, 7) is 0. The quantitative estimate of drug-likeness (QED) is 0.198. The Morgan fingerprint density at radius 3 is 2.74 bits per heavy atom. The van der Waals surface area contributed by atoms with E-state index in [9.17, 15) is 14.9 Å². The molecule has 1 amide bonds. The van der Waals surface area contributed by atoms with Gasteiger partial charge < -0.3 is 5.32 Å². The highest BCUT2D eigenvalue weighted by molar-refractivity contribution is 8.00. The van der Waals surface area contributed by atoms with Gasteiger partial charge in [0.15, 0.2) is 5.65 Å². The summed E-state index contributed by atoms with van der Waals surface area (Å²) in [7, 11) is 1.78. The number of nitrogens with one attached hydrogen (secondary N) is 1. The fourth-order valence-electron chi connectivity index (χ4n) is 2.99. The summed E-state index contributed by atoms with van der Waals surface area (Å²) in [5.74, 6) is -0.358. The molecule has 4 rings (SSSR count). The molecule has 11 heteroatoms. The Morgan fingerprint density at radius 1 is 1.23 bits per heavy atom. The number of nitrogens with zero attached hydrogens (tertiary/aromatic N) is 5. The number of nitro benzene ring substituents is 1. The lowest BCUT2D eigenvalue weighted by Crippen LogP contribution is -2.19. The highest BCUT2D eigenvalue weighted by Gasteiger charge is 2.25. The molecule has 2 heterocycles. The minimum absolute atomic E-state index is 0.00283. The molecule has 0 radical (unpaired) electrons. The molecule has 31 heavy (non-hydrogen) atoms. The molecule has 0 spiro atoms. The van der Waals surface area contributed by atoms with Gasteiger partial charge in [-0.25, -0.2) is 9.97 Å². The number of hydrogen-bond acceptors (Lipinski definition) is 7. The van der Waals surface area contributed by atoms with Gasteiger partial charge in [0.05, 0.1) is 16.5 Å². The second kappa shape index (κ2) is 8.70. The number of aryl methyl sites for hydroxylation is 1. The summed E-state index contributed by atoms with van der Waals surface area (Å²) in [5.41, 5.74) is 1.40. The van der Waals surface area contributed by atoms with E-state index in [1.165, 1.54) is 36.3 Å². The molecular weight excluding hydrogens is 440 g/mol. The normalized spacial score (nSPS) is 11.9. The molecule has 0 aliphatic rings. The SMILES string of the molecule is Cn1ncc2c(S[C@@H](C(=O)Nc3ccc(Cl)c([N+](=O)[O-])c3)c3ccccc3)ncnc21. The van der Waals surface area contributed by atoms with Crippen molar-refractivity contribution in [3.8, 4) is 0 Å². The predicted molar refractivity (Wildman–Crippen MR) is 118 cm³/mol. The number of thioether (sulfide) groups is 1. The molecule has 1 atom stereocenters. The molecule has 0 unspecified atom stereocenters. The number of carbonyl (C=O) groups is 1. The average molecular weight is 455 g/mol. The van der Waals surface area contributed by atoms with Crippen molar-refractivity contribution in [2.24, 2.45) is 7.05 Å². The summed E-state index contributed by atoms with van der Waals surface area (Å²) < 4.78 is 1.63. The van der Waals surface area contributed by atoms with Crippen LogP contribution in [-0.4, -0.2) is 30.6 Å². The van der Waals surface area contributed by atoms with Gasteiger partial charge in [0.1, 0.15) is 21.6 Å². The first-order valence-electron chi connectivity index (χ1n) is 9.03. The van der Waals surface area contributed by atoms with Crippen LogP contribution in [0.15, 0.2) is 66.1 Å². The van der Waals surface area contributed by atoms with E-state index in [0.29, 0.717) is 10.7 Å². The molecule has 2 aromatic carbocycles. The van der Waals surface area contributed by atoms with Crippen LogP contribution in [0.25, 0.3) is 11.0 Å². The highest BCUT2D eigenvalue weighted by Crippen LogP contribution is 2.38. The summed E-state index contributed by atoms with van der Waals surface area (Å²) in [4.78, 5) is 32.4. The third-order valence-corrected chi connectivity index (χ3v) is 6.06. The maximum atomic E-state index is 13.2. The van der Waals surface area contributed by atoms with Gasteiger partial charge in [-0.3, -0.25) is 19.6 Å². The molecular formula is C20H15ClN6O3S. The van der Waals surface area contributed by atoms with Crippen LogP contribution in [0.2, 0.25) is 5.02 Å². The van der Waals surface area contributed by atoms with Gasteiger partial charge in [0, 0.05) is 18.8 Å². The van der Waals surface area contributed by atoms with E-state index in [0.717, 1.165) is 10.9 Å². The maximum Gasteiger partial charge on any atom is 0.289 e. The molecule has 9 nitrogen and oxygen atoms in total. The lowest BCUT2D eigenvalue weighted by atomic mass is 10.1. The Hall–Kier alpha value is -3.50. The average Bonchev–Trinajstić information content (AvgIpc) is 3.15. The first-order chi connectivity index (χ1) is 14.9. The summed E-state index contributed by atoms with van der Waals surface area (Å²) in [5, 5.41) is 18.8. The van der Waals surface area contributed by atoms with Crippen molar-refractivity contribution >= 4 is 51.7 Å². The van der Waals surface area contributed by atoms with Crippen LogP contribution in [0.1, 0.15) is 10.8 Å². The number of benzene rings is 2. The summed E-state index contributed by atoms with van der Waals surface area (Å²) in [6.07, 6.45) is 3.08. The van der Waals surface area contributed by atoms with Gasteiger partial charge in [0.2, 0.25) is 5.91 Å². The lowest BCUT2D eigenvalue weighted by molar-refractivity contribution is -0.384. The number of anilines is 1. The van der Waals surface area contributed by atoms with Crippen LogP contribution in [0.3, 0.4) is 0 Å². The van der Waals surface area contributed by atoms with Gasteiger partial charge in [-0.2, -0.15) is 5.10 Å². The van der Waals surface area contributed by atoms with Crippen LogP contribution in [0.5, 0.6) is 0 Å². The number of halogens is 1. The van der Waals surface area contributed by atoms with Crippen LogP contribution in [0.4, 0.5) is 11.4 Å². The van der Waals surface area contributed by atoms with Crippen molar-refractivity contribution < 1.29 is 9.72 Å². The second-order valence-electron chi connectivity index (χ2n) is 6.51. The number of amides is 1. The van der Waals surface area contributed by atoms with Gasteiger partial charge in [-0.1, -0.05) is 53.7 Å². The van der Waals surface area contributed by atoms with E-state index >= 15 is 0 Å². The Morgan fingerprint density at radius 2 is 2.00 bits per heavy atom. The topological polar surface area (TPSA) is 116 Å². The van der Waals surface area contributed by atoms with Gasteiger partial charge >= 0.3 is 0 Å². The minimum atomic E-state index is -0.672. The Bertz CT molecular complexity index is 1280. The summed E-state index contributed by atoms with van der Waals surface area (Å²) >= 11 is 7.12. The van der Waals surface area contributed by atoms with E-state index in [2.05, 4.69) is 20.4 Å². The largest absolute Gasteiger partial charge is 0.325 e. The second-order valence-corrected chi connectivity index (χ2v) is 8.01. The zero-order chi connectivity index (χ0) is 22.0. The van der Waals surface area contributed by atoms with Crippen LogP contribution in [0, 0.1) is 10.1 Å². The molecule has 0 fully saturated rings. The zero-order valence-electron chi connectivity index (χ0n) is 16.1. The van der Waals surface area contributed by atoms with Gasteiger partial charge in [0.25, 0.3) is 5.69 Å². The van der Waals surface area contributed by atoms with E-state index < -0.39 is 10.2 Å². The fourth-order valence-corrected chi connectivity index (χ4v) is 4.23. The minimum Gasteiger partial charge on any atom is -0.325 e. The molecule has 2 aromatic heterocycles. The van der Waals surface area contributed by atoms with E-state index in [1.807, 2.05) is 30.3 Å². The van der Waals surface area contributed by atoms with Crippen LogP contribution < -0.4 is 5.32 Å².